The van der Waals surface area contributed by atoms with Gasteiger partial charge in [0.25, 0.3) is 0 Å². The van der Waals surface area contributed by atoms with Crippen LogP contribution < -0.4 is 10.2 Å². The monoisotopic (exact) mass is 455 g/mol. The van der Waals surface area contributed by atoms with Gasteiger partial charge in [-0.15, -0.1) is 0 Å². The largest absolute Gasteiger partial charge is 0.369 e. The lowest BCUT2D eigenvalue weighted by molar-refractivity contribution is -0.120. The van der Waals surface area contributed by atoms with Gasteiger partial charge in [-0.25, -0.2) is 12.8 Å². The predicted octanol–water partition coefficient (Wildman–Crippen LogP) is 2.79. The molecule has 168 valence electrons. The number of benzene rings is 3. The number of amides is 1. The fourth-order valence-corrected chi connectivity index (χ4v) is 5.34. The highest BCUT2D eigenvalue weighted by atomic mass is 32.2. The van der Waals surface area contributed by atoms with E-state index < -0.39 is 10.0 Å². The van der Waals surface area contributed by atoms with Crippen LogP contribution in [0.1, 0.15) is 5.56 Å². The number of nitrogens with one attached hydrogen (secondary N) is 1. The van der Waals surface area contributed by atoms with Gasteiger partial charge in [0.15, 0.2) is 0 Å². The Balaban J connectivity index is 1.26. The van der Waals surface area contributed by atoms with Crippen LogP contribution in [0.15, 0.2) is 66.7 Å². The molecular weight excluding hydrogens is 429 g/mol. The molecule has 32 heavy (non-hydrogen) atoms. The second-order valence-electron chi connectivity index (χ2n) is 7.84. The van der Waals surface area contributed by atoms with Crippen LogP contribution in [-0.2, 0) is 21.2 Å². The number of fused-ring (bicyclic) bond motifs is 1. The van der Waals surface area contributed by atoms with Crippen molar-refractivity contribution in [1.29, 1.82) is 0 Å². The molecule has 0 radical (unpaired) electrons. The van der Waals surface area contributed by atoms with E-state index >= 15 is 0 Å². The maximum atomic E-state index is 13.1. The Bertz CT molecular complexity index is 1190. The Morgan fingerprint density at radius 2 is 1.59 bits per heavy atom. The van der Waals surface area contributed by atoms with Gasteiger partial charge in [0.1, 0.15) is 5.82 Å². The van der Waals surface area contributed by atoms with E-state index in [1.165, 1.54) is 16.4 Å². The van der Waals surface area contributed by atoms with Crippen molar-refractivity contribution >= 4 is 32.4 Å². The van der Waals surface area contributed by atoms with Crippen molar-refractivity contribution in [3.63, 3.8) is 0 Å². The molecule has 8 heteroatoms. The Hall–Kier alpha value is -2.97. The second kappa shape index (κ2) is 9.67. The Labute approximate surface area is 187 Å². The van der Waals surface area contributed by atoms with E-state index in [4.69, 9.17) is 0 Å². The number of piperazine rings is 1. The minimum Gasteiger partial charge on any atom is -0.369 e. The Morgan fingerprint density at radius 3 is 2.34 bits per heavy atom. The first-order chi connectivity index (χ1) is 15.4. The minimum atomic E-state index is -3.47. The molecule has 1 aliphatic rings. The van der Waals surface area contributed by atoms with Gasteiger partial charge in [-0.1, -0.05) is 42.5 Å². The van der Waals surface area contributed by atoms with Crippen molar-refractivity contribution in [2.75, 3.05) is 43.4 Å². The number of anilines is 1. The maximum Gasteiger partial charge on any atom is 0.224 e. The lowest BCUT2D eigenvalue weighted by Crippen LogP contribution is -2.50. The topological polar surface area (TPSA) is 69.7 Å². The third-order valence-corrected chi connectivity index (χ3v) is 7.61. The van der Waals surface area contributed by atoms with Crippen LogP contribution in [0.25, 0.3) is 10.8 Å². The zero-order chi connectivity index (χ0) is 22.6. The van der Waals surface area contributed by atoms with Gasteiger partial charge in [0.05, 0.1) is 12.2 Å². The smallest absolute Gasteiger partial charge is 0.224 e. The van der Waals surface area contributed by atoms with Gasteiger partial charge in [-0.05, 0) is 40.6 Å². The normalized spacial score (nSPS) is 15.1. The molecule has 3 aromatic carbocycles. The van der Waals surface area contributed by atoms with Crippen molar-refractivity contribution in [1.82, 2.24) is 9.62 Å². The van der Waals surface area contributed by atoms with Crippen molar-refractivity contribution < 1.29 is 17.6 Å². The van der Waals surface area contributed by atoms with Crippen LogP contribution in [0.3, 0.4) is 0 Å². The molecule has 1 saturated heterocycles. The van der Waals surface area contributed by atoms with E-state index in [9.17, 15) is 17.6 Å². The summed E-state index contributed by atoms with van der Waals surface area (Å²) in [5.41, 5.74) is 1.80. The summed E-state index contributed by atoms with van der Waals surface area (Å²) in [6, 6.07) is 19.9. The lowest BCUT2D eigenvalue weighted by atomic mass is 10.0. The van der Waals surface area contributed by atoms with E-state index in [-0.39, 0.29) is 30.4 Å². The van der Waals surface area contributed by atoms with Crippen LogP contribution in [0.4, 0.5) is 10.1 Å². The molecule has 1 aliphatic heterocycles. The second-order valence-corrected chi connectivity index (χ2v) is 9.93. The third kappa shape index (κ3) is 5.26. The highest BCUT2D eigenvalue weighted by molar-refractivity contribution is 7.89. The highest BCUT2D eigenvalue weighted by Gasteiger charge is 2.26. The maximum absolute atomic E-state index is 13.1. The number of rotatable bonds is 7. The third-order valence-electron chi connectivity index (χ3n) is 5.74. The molecule has 6 nitrogen and oxygen atoms in total. The number of carbonyl (C=O) groups excluding carboxylic acids is 1. The molecule has 4 rings (SSSR count). The summed E-state index contributed by atoms with van der Waals surface area (Å²) in [5, 5.41) is 4.83. The fraction of sp³-hybridized carbons (Fsp3) is 0.292. The minimum absolute atomic E-state index is 0.0735. The number of hydrogen-bond donors (Lipinski definition) is 1. The quantitative estimate of drug-likeness (QED) is 0.595. The van der Waals surface area contributed by atoms with Gasteiger partial charge in [0.2, 0.25) is 15.9 Å². The average Bonchev–Trinajstić information content (AvgIpc) is 2.80. The van der Waals surface area contributed by atoms with Crippen LogP contribution in [-0.4, -0.2) is 57.1 Å². The van der Waals surface area contributed by atoms with Crippen LogP contribution in [0.2, 0.25) is 0 Å². The zero-order valence-corrected chi connectivity index (χ0v) is 18.5. The van der Waals surface area contributed by atoms with Crippen LogP contribution in [0, 0.1) is 5.82 Å². The number of nitrogens with zero attached hydrogens (tertiary/aromatic N) is 2. The molecule has 1 amide bonds. The summed E-state index contributed by atoms with van der Waals surface area (Å²) < 4.78 is 40.0. The Kier molecular flexibility index (Phi) is 6.72. The molecule has 0 atom stereocenters. The van der Waals surface area contributed by atoms with Gasteiger partial charge in [-0.2, -0.15) is 4.31 Å². The first kappa shape index (κ1) is 22.2. The van der Waals surface area contributed by atoms with Crippen molar-refractivity contribution in [3.8, 4) is 0 Å². The first-order valence-corrected chi connectivity index (χ1v) is 12.2. The molecule has 1 heterocycles. The molecular formula is C24H26FN3O3S. The number of hydrogen-bond acceptors (Lipinski definition) is 4. The van der Waals surface area contributed by atoms with Gasteiger partial charge < -0.3 is 10.2 Å². The lowest BCUT2D eigenvalue weighted by Gasteiger charge is -2.35. The number of carbonyl (C=O) groups is 1. The molecule has 0 saturated carbocycles. The van der Waals surface area contributed by atoms with Gasteiger partial charge in [0, 0.05) is 38.4 Å². The number of sulfonamides is 1. The van der Waals surface area contributed by atoms with E-state index in [1.807, 2.05) is 47.4 Å². The van der Waals surface area contributed by atoms with E-state index in [2.05, 4.69) is 5.32 Å². The van der Waals surface area contributed by atoms with E-state index in [0.717, 1.165) is 22.0 Å². The van der Waals surface area contributed by atoms with E-state index in [1.54, 1.807) is 12.1 Å². The summed E-state index contributed by atoms with van der Waals surface area (Å²) in [6.45, 7) is 1.88. The first-order valence-electron chi connectivity index (χ1n) is 10.6. The van der Waals surface area contributed by atoms with Crippen molar-refractivity contribution in [3.05, 3.63) is 78.1 Å². The molecule has 3 aromatic rings. The molecule has 1 N–H and O–H groups in total. The van der Waals surface area contributed by atoms with Crippen LogP contribution in [0.5, 0.6) is 0 Å². The highest BCUT2D eigenvalue weighted by Crippen LogP contribution is 2.19. The SMILES string of the molecule is O=C(Cc1cccc2ccccc12)NCCS(=O)(=O)N1CCN(c2ccc(F)cc2)CC1. The summed E-state index contributed by atoms with van der Waals surface area (Å²) in [5.74, 6) is -0.625. The molecule has 1 fully saturated rings. The molecule has 0 spiro atoms. The number of halogens is 1. The summed E-state index contributed by atoms with van der Waals surface area (Å²) in [4.78, 5) is 14.4. The molecule has 0 bridgehead atoms. The molecule has 0 unspecified atom stereocenters. The Morgan fingerprint density at radius 1 is 0.906 bits per heavy atom. The molecule has 0 aliphatic carbocycles. The van der Waals surface area contributed by atoms with E-state index in [0.29, 0.717) is 26.2 Å². The van der Waals surface area contributed by atoms with Crippen molar-refractivity contribution in [2.24, 2.45) is 0 Å². The summed E-state index contributed by atoms with van der Waals surface area (Å²) >= 11 is 0. The average molecular weight is 456 g/mol. The standard InChI is InChI=1S/C24H26FN3O3S/c25-21-8-10-22(11-9-21)27-13-15-28(16-14-27)32(30,31)17-12-26-24(29)18-20-6-3-5-19-4-1-2-7-23(19)20/h1-11H,12-18H2,(H,26,29). The van der Waals surface area contributed by atoms with Crippen LogP contribution >= 0.6 is 0 Å². The predicted molar refractivity (Wildman–Crippen MR) is 125 cm³/mol. The fourth-order valence-electron chi connectivity index (χ4n) is 4.01. The van der Waals surface area contributed by atoms with Gasteiger partial charge >= 0.3 is 0 Å². The van der Waals surface area contributed by atoms with Crippen molar-refractivity contribution in [2.45, 2.75) is 6.42 Å². The summed E-state index contributed by atoms with van der Waals surface area (Å²) in [6.07, 6.45) is 0.206. The zero-order valence-electron chi connectivity index (χ0n) is 17.7. The molecule has 0 aromatic heterocycles. The summed E-state index contributed by atoms with van der Waals surface area (Å²) in [7, 11) is -3.47. The van der Waals surface area contributed by atoms with Gasteiger partial charge in [-0.3, -0.25) is 4.79 Å².